The first-order valence-electron chi connectivity index (χ1n) is 10.6. The molecule has 0 saturated carbocycles. The second-order valence-corrected chi connectivity index (χ2v) is 12.0. The molecule has 0 radical (unpaired) electrons. The summed E-state index contributed by atoms with van der Waals surface area (Å²) in [4.78, 5) is 0. The third-order valence-electron chi connectivity index (χ3n) is 5.47. The molecule has 3 aliphatic rings. The van der Waals surface area contributed by atoms with Gasteiger partial charge in [0.1, 0.15) is 24.4 Å². The topological polar surface area (TPSA) is 72.5 Å². The van der Waals surface area contributed by atoms with Crippen molar-refractivity contribution in [3.8, 4) is 0 Å². The van der Waals surface area contributed by atoms with Crippen molar-refractivity contribution in [3.05, 3.63) is 30.3 Å². The number of hydrogen-bond donors (Lipinski definition) is 0. The maximum absolute atomic E-state index is 14.2. The number of benzene rings is 1. The number of hydrogen-bond acceptors (Lipinski definition) is 7. The molecule has 30 heavy (non-hydrogen) atoms. The van der Waals surface area contributed by atoms with Gasteiger partial charge in [-0.25, -0.2) is 0 Å². The van der Waals surface area contributed by atoms with Crippen molar-refractivity contribution < 1.29 is 32.8 Å². The molecule has 6 atom stereocenters. The Bertz CT molecular complexity index is 794. The molecule has 1 unspecified atom stereocenters. The molecule has 0 bridgehead atoms. The van der Waals surface area contributed by atoms with E-state index in [1.54, 1.807) is 0 Å². The van der Waals surface area contributed by atoms with Gasteiger partial charge in [-0.15, -0.1) is 0 Å². The van der Waals surface area contributed by atoms with Crippen LogP contribution in [0.1, 0.15) is 41.5 Å². The molecule has 0 amide bonds. The first-order chi connectivity index (χ1) is 14.0. The largest absolute Gasteiger partial charge is 0.348 e. The molecule has 3 aliphatic heterocycles. The molecular weight excluding hydrogens is 407 g/mol. The van der Waals surface area contributed by atoms with Crippen molar-refractivity contribution in [2.75, 3.05) is 12.8 Å². The zero-order valence-electron chi connectivity index (χ0n) is 18.6. The lowest BCUT2D eigenvalue weighted by molar-refractivity contribution is -0.230. The highest BCUT2D eigenvalue weighted by Crippen LogP contribution is 2.53. The molecule has 0 spiro atoms. The third-order valence-corrected chi connectivity index (χ3v) is 8.35. The minimum absolute atomic E-state index is 0.190. The molecule has 168 valence electrons. The lowest BCUT2D eigenvalue weighted by atomic mass is 10.1. The van der Waals surface area contributed by atoms with Crippen LogP contribution in [0.25, 0.3) is 0 Å². The molecular formula is C22H33O7P. The van der Waals surface area contributed by atoms with Gasteiger partial charge in [-0.2, -0.15) is 0 Å². The van der Waals surface area contributed by atoms with Crippen LogP contribution in [0.3, 0.4) is 0 Å². The third kappa shape index (κ3) is 4.53. The fourth-order valence-electron chi connectivity index (χ4n) is 4.34. The summed E-state index contributed by atoms with van der Waals surface area (Å²) >= 11 is 0. The van der Waals surface area contributed by atoms with Gasteiger partial charge in [0.2, 0.25) is 7.37 Å². The zero-order chi connectivity index (χ0) is 21.7. The van der Waals surface area contributed by atoms with Gasteiger partial charge in [0.25, 0.3) is 0 Å². The first kappa shape index (κ1) is 22.4. The Morgan fingerprint density at radius 3 is 2.33 bits per heavy atom. The average Bonchev–Trinajstić information content (AvgIpc) is 3.25. The van der Waals surface area contributed by atoms with E-state index >= 15 is 0 Å². The predicted octanol–water partition coefficient (Wildman–Crippen LogP) is 3.66. The standard InChI is InChI=1S/C22H33O7P/c1-14(2)13-30(23,15-10-8-7-9-11-15)29-18-17(16-12-24-21(3,4)26-16)25-20-19(18)27-22(5,6)28-20/h7-11,14,16-20H,12-13H2,1-6H3/t16-,17-,18+,19-,20-,30?/m1/s1. The Morgan fingerprint density at radius 1 is 1.03 bits per heavy atom. The van der Waals surface area contributed by atoms with Gasteiger partial charge in [-0.1, -0.05) is 32.0 Å². The van der Waals surface area contributed by atoms with E-state index in [4.69, 9.17) is 28.2 Å². The Kier molecular flexibility index (Phi) is 5.95. The first-order valence-corrected chi connectivity index (χ1v) is 12.4. The summed E-state index contributed by atoms with van der Waals surface area (Å²) < 4.78 is 50.7. The molecule has 3 heterocycles. The quantitative estimate of drug-likeness (QED) is 0.625. The highest BCUT2D eigenvalue weighted by molar-refractivity contribution is 7.67. The fourth-order valence-corrected chi connectivity index (χ4v) is 6.98. The molecule has 3 saturated heterocycles. The van der Waals surface area contributed by atoms with E-state index in [0.29, 0.717) is 18.1 Å². The summed E-state index contributed by atoms with van der Waals surface area (Å²) in [7, 11) is -3.19. The van der Waals surface area contributed by atoms with E-state index in [1.165, 1.54) is 0 Å². The summed E-state index contributed by atoms with van der Waals surface area (Å²) in [6.45, 7) is 11.8. The van der Waals surface area contributed by atoms with Crippen molar-refractivity contribution in [3.63, 3.8) is 0 Å². The molecule has 7 nitrogen and oxygen atoms in total. The van der Waals surface area contributed by atoms with Crippen molar-refractivity contribution in [1.82, 2.24) is 0 Å². The van der Waals surface area contributed by atoms with Crippen LogP contribution >= 0.6 is 7.37 Å². The SMILES string of the molecule is CC(C)CP(=O)(O[C@@H]1[C@H]2OC(C)(C)O[C@H]2O[C@@H]1[C@H]1COC(C)(C)O1)c1ccccc1. The van der Waals surface area contributed by atoms with Crippen LogP contribution in [0.2, 0.25) is 0 Å². The Hall–Kier alpha value is -0.790. The van der Waals surface area contributed by atoms with E-state index < -0.39 is 43.5 Å². The van der Waals surface area contributed by atoms with Crippen molar-refractivity contribution >= 4 is 12.7 Å². The monoisotopic (exact) mass is 440 g/mol. The molecule has 1 aromatic carbocycles. The van der Waals surface area contributed by atoms with Crippen LogP contribution in [0, 0.1) is 5.92 Å². The maximum atomic E-state index is 14.2. The highest BCUT2D eigenvalue weighted by atomic mass is 31.2. The second-order valence-electron chi connectivity index (χ2n) is 9.59. The van der Waals surface area contributed by atoms with Gasteiger partial charge >= 0.3 is 0 Å². The highest BCUT2D eigenvalue weighted by Gasteiger charge is 2.60. The van der Waals surface area contributed by atoms with Crippen LogP contribution in [-0.2, 0) is 32.8 Å². The Labute approximate surface area is 178 Å². The summed E-state index contributed by atoms with van der Waals surface area (Å²) in [6, 6.07) is 9.39. The number of fused-ring (bicyclic) bond motifs is 1. The van der Waals surface area contributed by atoms with Crippen LogP contribution in [0.5, 0.6) is 0 Å². The molecule has 1 aromatic rings. The average molecular weight is 440 g/mol. The second kappa shape index (κ2) is 7.96. The Balaban J connectivity index is 1.65. The van der Waals surface area contributed by atoms with E-state index in [1.807, 2.05) is 71.9 Å². The van der Waals surface area contributed by atoms with Crippen LogP contribution in [0.4, 0.5) is 0 Å². The minimum Gasteiger partial charge on any atom is -0.348 e. The minimum atomic E-state index is -3.19. The molecule has 4 rings (SSSR count). The van der Waals surface area contributed by atoms with Crippen LogP contribution in [0.15, 0.2) is 30.3 Å². The normalized spacial score (nSPS) is 36.7. The van der Waals surface area contributed by atoms with Crippen molar-refractivity contribution in [2.24, 2.45) is 5.92 Å². The van der Waals surface area contributed by atoms with E-state index in [9.17, 15) is 4.57 Å². The summed E-state index contributed by atoms with van der Waals surface area (Å²) in [5.74, 6) is -1.32. The predicted molar refractivity (Wildman–Crippen MR) is 112 cm³/mol. The summed E-state index contributed by atoms with van der Waals surface area (Å²) in [5, 5.41) is 0.697. The molecule has 0 aliphatic carbocycles. The smallest absolute Gasteiger partial charge is 0.232 e. The van der Waals surface area contributed by atoms with Gasteiger partial charge in [0.05, 0.1) is 6.61 Å². The number of ether oxygens (including phenoxy) is 5. The molecule has 0 N–H and O–H groups in total. The van der Waals surface area contributed by atoms with Gasteiger partial charge in [0, 0.05) is 11.5 Å². The van der Waals surface area contributed by atoms with Crippen molar-refractivity contribution in [2.45, 2.75) is 83.8 Å². The molecule has 0 aromatic heterocycles. The zero-order valence-corrected chi connectivity index (χ0v) is 19.5. The fraction of sp³-hybridized carbons (Fsp3) is 0.727. The van der Waals surface area contributed by atoms with Crippen LogP contribution in [-0.4, -0.2) is 55.0 Å². The van der Waals surface area contributed by atoms with Gasteiger partial charge in [-0.3, -0.25) is 4.57 Å². The van der Waals surface area contributed by atoms with E-state index in [2.05, 4.69) is 0 Å². The van der Waals surface area contributed by atoms with E-state index in [0.717, 1.165) is 0 Å². The number of rotatable bonds is 6. The van der Waals surface area contributed by atoms with E-state index in [-0.39, 0.29) is 12.0 Å². The maximum Gasteiger partial charge on any atom is 0.232 e. The van der Waals surface area contributed by atoms with Gasteiger partial charge in [-0.05, 0) is 45.7 Å². The van der Waals surface area contributed by atoms with Crippen LogP contribution < -0.4 is 5.30 Å². The summed E-state index contributed by atoms with van der Waals surface area (Å²) in [6.07, 6.45) is -2.16. The summed E-state index contributed by atoms with van der Waals surface area (Å²) in [5.41, 5.74) is 0. The lowest BCUT2D eigenvalue weighted by Crippen LogP contribution is -2.44. The molecule has 3 fully saturated rings. The lowest BCUT2D eigenvalue weighted by Gasteiger charge is -2.32. The van der Waals surface area contributed by atoms with Crippen molar-refractivity contribution in [1.29, 1.82) is 0 Å². The Morgan fingerprint density at radius 2 is 1.73 bits per heavy atom. The van der Waals surface area contributed by atoms with Gasteiger partial charge < -0.3 is 28.2 Å². The molecule has 8 heteroatoms. The van der Waals surface area contributed by atoms with Gasteiger partial charge in [0.15, 0.2) is 17.9 Å².